The highest BCUT2D eigenvalue weighted by Crippen LogP contribution is 2.26. The quantitative estimate of drug-likeness (QED) is 0.539. The van der Waals surface area contributed by atoms with Crippen molar-refractivity contribution < 1.29 is 4.55 Å². The summed E-state index contributed by atoms with van der Waals surface area (Å²) in [6, 6.07) is 19.8. The summed E-state index contributed by atoms with van der Waals surface area (Å²) in [5, 5.41) is 3.59. The number of aromatic amines is 2. The highest BCUT2D eigenvalue weighted by atomic mass is 32.2. The molecule has 0 atom stereocenters. The number of hydrogen-bond acceptors (Lipinski definition) is 1. The summed E-state index contributed by atoms with van der Waals surface area (Å²) in [5.41, 5.74) is 2.01. The van der Waals surface area contributed by atoms with Crippen LogP contribution in [0.15, 0.2) is 70.7 Å². The minimum atomic E-state index is -1.22. The van der Waals surface area contributed by atoms with Crippen molar-refractivity contribution in [1.29, 1.82) is 0 Å². The molecule has 0 fully saturated rings. The highest BCUT2D eigenvalue weighted by molar-refractivity contribution is 7.91. The summed E-state index contributed by atoms with van der Waals surface area (Å²) in [5.74, 6) is 0. The van der Waals surface area contributed by atoms with E-state index in [9.17, 15) is 4.55 Å². The van der Waals surface area contributed by atoms with Crippen molar-refractivity contribution in [3.8, 4) is 0 Å². The van der Waals surface area contributed by atoms with Crippen LogP contribution in [0.2, 0.25) is 0 Å². The molecule has 0 radical (unpaired) electrons. The van der Waals surface area contributed by atoms with Gasteiger partial charge < -0.3 is 14.5 Å². The predicted molar refractivity (Wildman–Crippen MR) is 81.3 cm³/mol. The van der Waals surface area contributed by atoms with Crippen LogP contribution >= 0.6 is 0 Å². The van der Waals surface area contributed by atoms with Crippen LogP contribution in [0.4, 0.5) is 0 Å². The van der Waals surface area contributed by atoms with Crippen LogP contribution in [0.25, 0.3) is 21.8 Å². The molecule has 0 aliphatic heterocycles. The maximum Gasteiger partial charge on any atom is 0.231 e. The van der Waals surface area contributed by atoms with E-state index in [4.69, 9.17) is 0 Å². The van der Waals surface area contributed by atoms with Crippen LogP contribution in [0.3, 0.4) is 0 Å². The Morgan fingerprint density at radius 2 is 1.15 bits per heavy atom. The van der Waals surface area contributed by atoms with Gasteiger partial charge in [-0.15, -0.1) is 0 Å². The molecule has 98 valence electrons. The first kappa shape index (κ1) is 11.6. The SMILES string of the molecule is [O-][S+](c1cc2ccccc2[nH]1)c1cc2ccccc2[nH]1. The average molecular weight is 280 g/mol. The zero-order chi connectivity index (χ0) is 13.5. The molecule has 2 aromatic carbocycles. The summed E-state index contributed by atoms with van der Waals surface area (Å²) in [7, 11) is 0. The molecule has 0 spiro atoms. The second kappa shape index (κ2) is 4.44. The number of H-pyrrole nitrogens is 2. The van der Waals surface area contributed by atoms with Gasteiger partial charge in [0.15, 0.2) is 0 Å². The van der Waals surface area contributed by atoms with Gasteiger partial charge in [0, 0.05) is 33.9 Å². The van der Waals surface area contributed by atoms with Gasteiger partial charge in [-0.3, -0.25) is 0 Å². The Labute approximate surface area is 118 Å². The lowest BCUT2D eigenvalue weighted by Gasteiger charge is -2.03. The van der Waals surface area contributed by atoms with Gasteiger partial charge in [0.2, 0.25) is 10.1 Å². The standard InChI is InChI=1S/C16H12N2OS/c19-20(15-9-11-5-1-3-7-13(11)17-15)16-10-12-6-2-4-8-14(12)18-16/h1-10,17-18H. The molecule has 4 rings (SSSR count). The number of para-hydroxylation sites is 2. The fourth-order valence-electron chi connectivity index (χ4n) is 2.41. The van der Waals surface area contributed by atoms with Crippen LogP contribution in [0.1, 0.15) is 0 Å². The Balaban J connectivity index is 1.80. The molecule has 2 N–H and O–H groups in total. The summed E-state index contributed by atoms with van der Waals surface area (Å²) in [4.78, 5) is 6.44. The van der Waals surface area contributed by atoms with Crippen molar-refractivity contribution in [2.75, 3.05) is 0 Å². The van der Waals surface area contributed by atoms with Gasteiger partial charge in [-0.05, 0) is 12.1 Å². The molecule has 0 saturated carbocycles. The topological polar surface area (TPSA) is 54.6 Å². The Hall–Kier alpha value is -2.17. The van der Waals surface area contributed by atoms with Crippen LogP contribution in [-0.2, 0) is 11.2 Å². The van der Waals surface area contributed by atoms with E-state index < -0.39 is 11.2 Å². The molecule has 4 aromatic rings. The second-order valence-electron chi connectivity index (χ2n) is 4.71. The molecular weight excluding hydrogens is 268 g/mol. The first-order valence-corrected chi connectivity index (χ1v) is 7.53. The molecule has 4 heteroatoms. The van der Waals surface area contributed by atoms with Gasteiger partial charge in [-0.1, -0.05) is 36.4 Å². The molecule has 0 aliphatic rings. The van der Waals surface area contributed by atoms with Gasteiger partial charge in [-0.2, -0.15) is 0 Å². The van der Waals surface area contributed by atoms with Gasteiger partial charge >= 0.3 is 0 Å². The van der Waals surface area contributed by atoms with Crippen molar-refractivity contribution in [3.05, 3.63) is 60.7 Å². The van der Waals surface area contributed by atoms with Gasteiger partial charge in [0.1, 0.15) is 0 Å². The third-order valence-electron chi connectivity index (χ3n) is 3.41. The van der Waals surface area contributed by atoms with E-state index in [2.05, 4.69) is 9.97 Å². The normalized spacial score (nSPS) is 11.7. The Morgan fingerprint density at radius 3 is 1.60 bits per heavy atom. The number of nitrogens with one attached hydrogen (secondary N) is 2. The third kappa shape index (κ3) is 1.81. The Morgan fingerprint density at radius 1 is 0.700 bits per heavy atom. The van der Waals surface area contributed by atoms with E-state index in [-0.39, 0.29) is 0 Å². The van der Waals surface area contributed by atoms with Gasteiger partial charge in [0.05, 0.1) is 11.2 Å². The van der Waals surface area contributed by atoms with Crippen LogP contribution in [-0.4, -0.2) is 14.5 Å². The minimum Gasteiger partial charge on any atom is -0.604 e. The lowest BCUT2D eigenvalue weighted by molar-refractivity contribution is 0.589. The summed E-state index contributed by atoms with van der Waals surface area (Å²) < 4.78 is 12.6. The lowest BCUT2D eigenvalue weighted by Crippen LogP contribution is -2.02. The fraction of sp³-hybridized carbons (Fsp3) is 0. The monoisotopic (exact) mass is 280 g/mol. The summed E-state index contributed by atoms with van der Waals surface area (Å²) in [6.45, 7) is 0. The van der Waals surface area contributed by atoms with E-state index in [1.165, 1.54) is 0 Å². The van der Waals surface area contributed by atoms with E-state index in [0.29, 0.717) is 0 Å². The summed E-state index contributed by atoms with van der Waals surface area (Å²) >= 11 is -1.22. The van der Waals surface area contributed by atoms with Crippen LogP contribution in [0.5, 0.6) is 0 Å². The van der Waals surface area contributed by atoms with Crippen molar-refractivity contribution >= 4 is 33.0 Å². The Kier molecular flexibility index (Phi) is 2.58. The van der Waals surface area contributed by atoms with E-state index >= 15 is 0 Å². The molecular formula is C16H12N2OS. The fourth-order valence-corrected chi connectivity index (χ4v) is 3.52. The van der Waals surface area contributed by atoms with Crippen molar-refractivity contribution in [1.82, 2.24) is 9.97 Å². The molecule has 2 aromatic heterocycles. The molecule has 0 amide bonds. The Bertz CT molecular complexity index is 753. The van der Waals surface area contributed by atoms with E-state index in [1.54, 1.807) is 0 Å². The molecule has 2 heterocycles. The highest BCUT2D eigenvalue weighted by Gasteiger charge is 2.19. The van der Waals surface area contributed by atoms with E-state index in [1.807, 2.05) is 60.7 Å². The van der Waals surface area contributed by atoms with Crippen LogP contribution < -0.4 is 0 Å². The molecule has 0 saturated heterocycles. The lowest BCUT2D eigenvalue weighted by atomic mass is 10.3. The second-order valence-corrected chi connectivity index (χ2v) is 6.13. The zero-order valence-electron chi connectivity index (χ0n) is 10.6. The van der Waals surface area contributed by atoms with Crippen molar-refractivity contribution in [2.45, 2.75) is 10.1 Å². The first-order chi connectivity index (χ1) is 9.81. The number of aromatic nitrogens is 2. The van der Waals surface area contributed by atoms with E-state index in [0.717, 1.165) is 31.9 Å². The molecule has 0 bridgehead atoms. The van der Waals surface area contributed by atoms with Gasteiger partial charge in [-0.25, -0.2) is 0 Å². The van der Waals surface area contributed by atoms with Crippen molar-refractivity contribution in [2.24, 2.45) is 0 Å². The molecule has 3 nitrogen and oxygen atoms in total. The maximum absolute atomic E-state index is 12.6. The maximum atomic E-state index is 12.6. The first-order valence-electron chi connectivity index (χ1n) is 6.38. The number of benzene rings is 2. The average Bonchev–Trinajstić information content (AvgIpc) is 3.10. The predicted octanol–water partition coefficient (Wildman–Crippen LogP) is 3.82. The number of rotatable bonds is 2. The molecule has 0 aliphatic carbocycles. The number of hydrogen-bond donors (Lipinski definition) is 2. The molecule has 20 heavy (non-hydrogen) atoms. The largest absolute Gasteiger partial charge is 0.604 e. The van der Waals surface area contributed by atoms with Crippen LogP contribution in [0, 0.1) is 0 Å². The van der Waals surface area contributed by atoms with Crippen molar-refractivity contribution in [3.63, 3.8) is 0 Å². The number of fused-ring (bicyclic) bond motifs is 2. The van der Waals surface area contributed by atoms with Gasteiger partial charge in [0.25, 0.3) is 0 Å². The molecule has 0 unspecified atom stereocenters. The smallest absolute Gasteiger partial charge is 0.231 e. The minimum absolute atomic E-state index is 0.720. The zero-order valence-corrected chi connectivity index (χ0v) is 11.4. The third-order valence-corrected chi connectivity index (χ3v) is 4.65. The summed E-state index contributed by atoms with van der Waals surface area (Å²) in [6.07, 6.45) is 0.